The largest absolute Gasteiger partial charge is 0.486 e. The van der Waals surface area contributed by atoms with Crippen molar-refractivity contribution in [2.45, 2.75) is 6.43 Å². The van der Waals surface area contributed by atoms with Crippen LogP contribution in [0, 0.1) is 12.3 Å². The minimum atomic E-state index is -2.52. The molecule has 0 saturated carbocycles. The molecule has 2 aromatic rings. The van der Waals surface area contributed by atoms with E-state index in [0.29, 0.717) is 11.3 Å². The second kappa shape index (κ2) is 6.01. The van der Waals surface area contributed by atoms with Gasteiger partial charge < -0.3 is 4.74 Å². The van der Waals surface area contributed by atoms with Gasteiger partial charge in [0.15, 0.2) is 0 Å². The molecule has 0 aliphatic heterocycles. The van der Waals surface area contributed by atoms with Crippen molar-refractivity contribution in [3.63, 3.8) is 0 Å². The summed E-state index contributed by atoms with van der Waals surface area (Å²) in [5, 5.41) is 0. The van der Waals surface area contributed by atoms with Crippen LogP contribution in [0.15, 0.2) is 48.5 Å². The highest BCUT2D eigenvalue weighted by molar-refractivity contribution is 5.67. The summed E-state index contributed by atoms with van der Waals surface area (Å²) in [5.41, 5.74) is 2.33. The van der Waals surface area contributed by atoms with Crippen LogP contribution in [-0.2, 0) is 0 Å². The molecule has 0 radical (unpaired) electrons. The zero-order chi connectivity index (χ0) is 13.7. The number of benzene rings is 2. The van der Waals surface area contributed by atoms with E-state index in [1.54, 1.807) is 12.1 Å². The van der Waals surface area contributed by atoms with Gasteiger partial charge in [-0.3, -0.25) is 0 Å². The number of rotatable bonds is 4. The number of ether oxygens (including phenoxy) is 1. The lowest BCUT2D eigenvalue weighted by atomic mass is 10.0. The highest BCUT2D eigenvalue weighted by Gasteiger charge is 2.08. The number of hydrogen-bond donors (Lipinski definition) is 0. The van der Waals surface area contributed by atoms with Crippen LogP contribution in [0.1, 0.15) is 5.56 Å². The third kappa shape index (κ3) is 3.32. The summed E-state index contributed by atoms with van der Waals surface area (Å²) in [7, 11) is 0. The van der Waals surface area contributed by atoms with Gasteiger partial charge in [-0.2, -0.15) is 0 Å². The highest BCUT2D eigenvalue weighted by Crippen LogP contribution is 2.27. The number of alkyl halides is 2. The molecule has 0 aliphatic rings. The van der Waals surface area contributed by atoms with Crippen LogP contribution in [0.2, 0.25) is 0 Å². The number of terminal acetylenes is 1. The van der Waals surface area contributed by atoms with Crippen molar-refractivity contribution in [1.29, 1.82) is 0 Å². The molecule has 0 aliphatic carbocycles. The first-order valence-corrected chi connectivity index (χ1v) is 5.77. The van der Waals surface area contributed by atoms with Crippen molar-refractivity contribution in [3.8, 4) is 29.2 Å². The first-order valence-electron chi connectivity index (χ1n) is 5.77. The molecule has 0 atom stereocenters. The molecule has 19 heavy (non-hydrogen) atoms. The van der Waals surface area contributed by atoms with Crippen molar-refractivity contribution in [3.05, 3.63) is 54.1 Å². The lowest BCUT2D eigenvalue weighted by Crippen LogP contribution is -2.07. The van der Waals surface area contributed by atoms with Crippen LogP contribution >= 0.6 is 0 Å². The van der Waals surface area contributed by atoms with Gasteiger partial charge in [0.05, 0.1) is 5.56 Å². The van der Waals surface area contributed by atoms with Crippen LogP contribution in [0.25, 0.3) is 11.1 Å². The molecule has 1 nitrogen and oxygen atoms in total. The maximum atomic E-state index is 12.2. The van der Waals surface area contributed by atoms with Gasteiger partial charge in [-0.1, -0.05) is 42.3 Å². The van der Waals surface area contributed by atoms with E-state index < -0.39 is 13.0 Å². The predicted octanol–water partition coefficient (Wildman–Crippen LogP) is 3.98. The van der Waals surface area contributed by atoms with E-state index in [1.165, 1.54) is 0 Å². The maximum Gasteiger partial charge on any atom is 0.272 e. The molecule has 2 rings (SSSR count). The Kier molecular flexibility index (Phi) is 4.15. The lowest BCUT2D eigenvalue weighted by Gasteiger charge is -2.10. The molecule has 0 aromatic heterocycles. The second-order valence-corrected chi connectivity index (χ2v) is 3.92. The maximum absolute atomic E-state index is 12.2. The van der Waals surface area contributed by atoms with E-state index in [9.17, 15) is 8.78 Å². The molecule has 0 unspecified atom stereocenters. The van der Waals surface area contributed by atoms with Crippen LogP contribution in [0.4, 0.5) is 8.78 Å². The molecule has 0 N–H and O–H groups in total. The molecule has 3 heteroatoms. The van der Waals surface area contributed by atoms with E-state index in [4.69, 9.17) is 11.2 Å². The van der Waals surface area contributed by atoms with Crippen LogP contribution < -0.4 is 4.74 Å². The summed E-state index contributed by atoms with van der Waals surface area (Å²) in [4.78, 5) is 0. The van der Waals surface area contributed by atoms with Gasteiger partial charge in [0.25, 0.3) is 6.43 Å². The summed E-state index contributed by atoms with van der Waals surface area (Å²) < 4.78 is 29.5. The van der Waals surface area contributed by atoms with Crippen LogP contribution in [-0.4, -0.2) is 13.0 Å². The van der Waals surface area contributed by atoms with Gasteiger partial charge in [0, 0.05) is 0 Å². The Morgan fingerprint density at radius 2 is 1.79 bits per heavy atom. The van der Waals surface area contributed by atoms with E-state index in [1.807, 2.05) is 36.4 Å². The van der Waals surface area contributed by atoms with Gasteiger partial charge in [0.2, 0.25) is 0 Å². The molecular formula is C16H12F2O. The summed E-state index contributed by atoms with van der Waals surface area (Å²) in [6, 6.07) is 14.8. The van der Waals surface area contributed by atoms with E-state index in [0.717, 1.165) is 11.1 Å². The fourth-order valence-electron chi connectivity index (χ4n) is 1.72. The Labute approximate surface area is 110 Å². The Morgan fingerprint density at radius 1 is 1.05 bits per heavy atom. The van der Waals surface area contributed by atoms with Gasteiger partial charge >= 0.3 is 0 Å². The van der Waals surface area contributed by atoms with Crippen molar-refractivity contribution < 1.29 is 13.5 Å². The van der Waals surface area contributed by atoms with Crippen LogP contribution in [0.5, 0.6) is 5.75 Å². The smallest absolute Gasteiger partial charge is 0.272 e. The average molecular weight is 258 g/mol. The molecule has 0 spiro atoms. The molecule has 0 fully saturated rings. The monoisotopic (exact) mass is 258 g/mol. The lowest BCUT2D eigenvalue weighted by molar-refractivity contribution is 0.0818. The summed E-state index contributed by atoms with van der Waals surface area (Å²) in [6.45, 7) is -0.660. The Balaban J connectivity index is 2.33. The van der Waals surface area contributed by atoms with Crippen LogP contribution in [0.3, 0.4) is 0 Å². The third-order valence-electron chi connectivity index (χ3n) is 2.61. The van der Waals surface area contributed by atoms with Gasteiger partial charge in [0.1, 0.15) is 12.4 Å². The fraction of sp³-hybridized carbons (Fsp3) is 0.125. The van der Waals surface area contributed by atoms with Crippen molar-refractivity contribution in [1.82, 2.24) is 0 Å². The van der Waals surface area contributed by atoms with Crippen molar-refractivity contribution in [2.75, 3.05) is 6.61 Å². The third-order valence-corrected chi connectivity index (χ3v) is 2.61. The van der Waals surface area contributed by atoms with Gasteiger partial charge in [-0.15, -0.1) is 6.42 Å². The van der Waals surface area contributed by atoms with E-state index >= 15 is 0 Å². The fourth-order valence-corrected chi connectivity index (χ4v) is 1.72. The Morgan fingerprint density at radius 3 is 2.42 bits per heavy atom. The highest BCUT2D eigenvalue weighted by atomic mass is 19.3. The minimum absolute atomic E-state index is 0.309. The van der Waals surface area contributed by atoms with E-state index in [-0.39, 0.29) is 0 Å². The first kappa shape index (κ1) is 13.1. The quantitative estimate of drug-likeness (QED) is 0.754. The molecule has 96 valence electrons. The molecule has 0 heterocycles. The zero-order valence-corrected chi connectivity index (χ0v) is 10.1. The van der Waals surface area contributed by atoms with Gasteiger partial charge in [-0.05, 0) is 23.3 Å². The van der Waals surface area contributed by atoms with E-state index in [2.05, 4.69) is 5.92 Å². The minimum Gasteiger partial charge on any atom is -0.486 e. The summed E-state index contributed by atoms with van der Waals surface area (Å²) in [6.07, 6.45) is 2.81. The first-order chi connectivity index (χ1) is 9.20. The predicted molar refractivity (Wildman–Crippen MR) is 71.3 cm³/mol. The average Bonchev–Trinajstić information content (AvgIpc) is 2.45. The topological polar surface area (TPSA) is 9.23 Å². The SMILES string of the molecule is C#Cc1ccc(-c2ccccc2)cc1OCC(F)F. The molecular weight excluding hydrogens is 246 g/mol. The molecule has 0 bridgehead atoms. The van der Waals surface area contributed by atoms with Gasteiger partial charge in [-0.25, -0.2) is 8.78 Å². The standard InChI is InChI=1S/C16H12F2O/c1-2-12-8-9-14(13-6-4-3-5-7-13)10-15(12)19-11-16(17)18/h1,3-10,16H,11H2. The Bertz CT molecular complexity index is 585. The zero-order valence-electron chi connectivity index (χ0n) is 10.1. The number of hydrogen-bond acceptors (Lipinski definition) is 1. The number of halogens is 2. The Hall–Kier alpha value is -2.34. The second-order valence-electron chi connectivity index (χ2n) is 3.92. The normalized spacial score (nSPS) is 10.2. The molecule has 0 amide bonds. The summed E-state index contributed by atoms with van der Waals surface area (Å²) in [5.74, 6) is 2.74. The summed E-state index contributed by atoms with van der Waals surface area (Å²) >= 11 is 0. The molecule has 0 saturated heterocycles. The molecule has 2 aromatic carbocycles. The van der Waals surface area contributed by atoms with Crippen molar-refractivity contribution in [2.24, 2.45) is 0 Å². The van der Waals surface area contributed by atoms with Crippen molar-refractivity contribution >= 4 is 0 Å².